The van der Waals surface area contributed by atoms with Crippen LogP contribution in [0.4, 0.5) is 14.5 Å². The number of benzene rings is 1. The number of hydrogen-bond acceptors (Lipinski definition) is 6. The zero-order valence-electron chi connectivity index (χ0n) is 19.6. The van der Waals surface area contributed by atoms with Gasteiger partial charge in [0.25, 0.3) is 0 Å². The van der Waals surface area contributed by atoms with Crippen LogP contribution in [0.25, 0.3) is 0 Å². The first-order valence-electron chi connectivity index (χ1n) is 11.7. The van der Waals surface area contributed by atoms with E-state index in [2.05, 4.69) is 20.0 Å². The summed E-state index contributed by atoms with van der Waals surface area (Å²) in [5.41, 5.74) is 1.14. The molecule has 1 aromatic carbocycles. The van der Waals surface area contributed by atoms with Crippen LogP contribution in [0.3, 0.4) is 0 Å². The number of nitrogens with zero attached hydrogens (tertiary/aromatic N) is 5. The van der Waals surface area contributed by atoms with Crippen molar-refractivity contribution in [2.45, 2.75) is 39.2 Å². The van der Waals surface area contributed by atoms with Crippen LogP contribution in [-0.4, -0.2) is 39.9 Å². The normalized spacial score (nSPS) is 21.8. The Balaban J connectivity index is 1.33. The molecule has 3 aromatic rings. The largest absolute Gasteiger partial charge is 0.481 e. The summed E-state index contributed by atoms with van der Waals surface area (Å²) in [5, 5.41) is 4.67. The summed E-state index contributed by atoms with van der Waals surface area (Å²) >= 11 is 0. The fourth-order valence-corrected chi connectivity index (χ4v) is 5.30. The van der Waals surface area contributed by atoms with Crippen molar-refractivity contribution >= 4 is 5.69 Å². The molecule has 1 saturated heterocycles. The third-order valence-corrected chi connectivity index (χ3v) is 6.99. The molecule has 34 heavy (non-hydrogen) atoms. The first-order chi connectivity index (χ1) is 16.4. The molecule has 5 rings (SSSR count). The molecule has 2 bridgehead atoms. The summed E-state index contributed by atoms with van der Waals surface area (Å²) in [7, 11) is 1.63. The number of aromatic nitrogens is 4. The molecule has 1 aliphatic heterocycles. The molecule has 180 valence electrons. The average molecular weight is 470 g/mol. The van der Waals surface area contributed by atoms with Gasteiger partial charge < -0.3 is 14.4 Å². The molecule has 2 fully saturated rings. The van der Waals surface area contributed by atoms with Crippen LogP contribution >= 0.6 is 0 Å². The van der Waals surface area contributed by atoms with Crippen molar-refractivity contribution in [3.8, 4) is 17.6 Å². The third kappa shape index (κ3) is 4.31. The van der Waals surface area contributed by atoms with Gasteiger partial charge in [-0.25, -0.2) is 14.1 Å². The molecule has 1 unspecified atom stereocenters. The van der Waals surface area contributed by atoms with Gasteiger partial charge in [0, 0.05) is 37.5 Å². The first kappa shape index (κ1) is 22.6. The topological polar surface area (TPSA) is 65.3 Å². The molecule has 2 aromatic heterocycles. The van der Waals surface area contributed by atoms with Crippen LogP contribution in [-0.2, 0) is 6.42 Å². The van der Waals surface area contributed by atoms with E-state index in [0.717, 1.165) is 31.3 Å². The number of fused-ring (bicyclic) bond motifs is 2. The van der Waals surface area contributed by atoms with Crippen LogP contribution in [0.5, 0.6) is 17.6 Å². The standard InChI is InChI=1S/C25H29F2N5O2/c1-15(2)32-25(34-21-6-4-5-20(26)24(21)27)29-22(30-32)12-19-16-7-8-17(19)14-31(13-16)18-9-10-28-23(11-18)33-3/h4-6,9-11,15-17,19H,7-8,12-14H2,1-3H3/t16-,17+,19?. The van der Waals surface area contributed by atoms with Gasteiger partial charge in [0.15, 0.2) is 17.4 Å². The fourth-order valence-electron chi connectivity index (χ4n) is 5.30. The highest BCUT2D eigenvalue weighted by Gasteiger charge is 2.42. The van der Waals surface area contributed by atoms with Crippen molar-refractivity contribution in [1.82, 2.24) is 19.7 Å². The van der Waals surface area contributed by atoms with Gasteiger partial charge in [-0.05, 0) is 62.6 Å². The molecule has 9 heteroatoms. The van der Waals surface area contributed by atoms with Crippen LogP contribution in [0.15, 0.2) is 36.5 Å². The lowest BCUT2D eigenvalue weighted by molar-refractivity contribution is 0.265. The van der Waals surface area contributed by atoms with Crippen molar-refractivity contribution in [1.29, 1.82) is 0 Å². The lowest BCUT2D eigenvalue weighted by Gasteiger charge is -2.39. The predicted molar refractivity (Wildman–Crippen MR) is 123 cm³/mol. The molecular weight excluding hydrogens is 440 g/mol. The number of pyridine rings is 1. The number of hydrogen-bond donors (Lipinski definition) is 0. The number of methoxy groups -OCH3 is 1. The zero-order chi connectivity index (χ0) is 23.8. The van der Waals surface area contributed by atoms with E-state index in [0.29, 0.717) is 29.5 Å². The number of halogens is 2. The molecule has 0 radical (unpaired) electrons. The van der Waals surface area contributed by atoms with Gasteiger partial charge in [-0.3, -0.25) is 0 Å². The molecule has 2 aliphatic rings. The second kappa shape index (κ2) is 9.19. The molecule has 3 atom stereocenters. The highest BCUT2D eigenvalue weighted by molar-refractivity contribution is 5.49. The van der Waals surface area contributed by atoms with E-state index in [4.69, 9.17) is 9.47 Å². The minimum atomic E-state index is -1.03. The van der Waals surface area contributed by atoms with Crippen LogP contribution < -0.4 is 14.4 Å². The van der Waals surface area contributed by atoms with Crippen molar-refractivity contribution in [3.05, 3.63) is 54.0 Å². The van der Waals surface area contributed by atoms with E-state index in [1.807, 2.05) is 26.0 Å². The third-order valence-electron chi connectivity index (χ3n) is 6.99. The van der Waals surface area contributed by atoms with Gasteiger partial charge >= 0.3 is 6.01 Å². The lowest BCUT2D eigenvalue weighted by Crippen LogP contribution is -2.42. The Labute approximate surface area is 197 Å². The molecule has 7 nitrogen and oxygen atoms in total. The van der Waals surface area contributed by atoms with E-state index >= 15 is 0 Å². The monoisotopic (exact) mass is 469 g/mol. The number of piperidine rings is 1. The average Bonchev–Trinajstić information content (AvgIpc) is 3.32. The summed E-state index contributed by atoms with van der Waals surface area (Å²) in [6.45, 7) is 5.85. The Kier molecular flexibility index (Phi) is 6.10. The summed E-state index contributed by atoms with van der Waals surface area (Å²) in [6.07, 6.45) is 4.88. The molecule has 1 saturated carbocycles. The van der Waals surface area contributed by atoms with Gasteiger partial charge in [0.1, 0.15) is 0 Å². The van der Waals surface area contributed by atoms with Crippen molar-refractivity contribution < 1.29 is 18.3 Å². The van der Waals surface area contributed by atoms with E-state index in [9.17, 15) is 8.78 Å². The summed E-state index contributed by atoms with van der Waals surface area (Å²) in [5.74, 6) is 0.676. The summed E-state index contributed by atoms with van der Waals surface area (Å²) in [6, 6.07) is 8.03. The Hall–Kier alpha value is -3.23. The van der Waals surface area contributed by atoms with Gasteiger partial charge in [-0.1, -0.05) is 6.07 Å². The highest BCUT2D eigenvalue weighted by Crippen LogP contribution is 2.45. The zero-order valence-corrected chi connectivity index (χ0v) is 19.6. The molecular formula is C25H29F2N5O2. The van der Waals surface area contributed by atoms with Crippen LogP contribution in [0.2, 0.25) is 0 Å². The maximum Gasteiger partial charge on any atom is 0.320 e. The smallest absolute Gasteiger partial charge is 0.320 e. The minimum Gasteiger partial charge on any atom is -0.481 e. The van der Waals surface area contributed by atoms with E-state index in [-0.39, 0.29) is 17.8 Å². The summed E-state index contributed by atoms with van der Waals surface area (Å²) in [4.78, 5) is 11.2. The Bertz CT molecular complexity index is 1150. The van der Waals surface area contributed by atoms with Gasteiger partial charge in [-0.2, -0.15) is 14.5 Å². The number of ether oxygens (including phenoxy) is 2. The summed E-state index contributed by atoms with van der Waals surface area (Å²) < 4.78 is 40.4. The molecule has 0 amide bonds. The van der Waals surface area contributed by atoms with Crippen molar-refractivity contribution in [2.24, 2.45) is 17.8 Å². The maximum absolute atomic E-state index is 14.2. The van der Waals surface area contributed by atoms with E-state index in [1.54, 1.807) is 18.0 Å². The molecule has 0 spiro atoms. The molecule has 1 aliphatic carbocycles. The van der Waals surface area contributed by atoms with Gasteiger partial charge in [0.05, 0.1) is 13.2 Å². The Morgan fingerprint density at radius 3 is 2.59 bits per heavy atom. The molecule has 3 heterocycles. The van der Waals surface area contributed by atoms with Crippen molar-refractivity contribution in [2.75, 3.05) is 25.1 Å². The number of rotatable bonds is 7. The Morgan fingerprint density at radius 2 is 1.88 bits per heavy atom. The van der Waals surface area contributed by atoms with Gasteiger partial charge in [0.2, 0.25) is 11.7 Å². The quantitative estimate of drug-likeness (QED) is 0.483. The first-order valence-corrected chi connectivity index (χ1v) is 11.7. The SMILES string of the molecule is COc1cc(N2C[C@H]3CC[C@@H](C2)C3Cc2nc(Oc3cccc(F)c3F)n(C(C)C)n2)ccn1. The van der Waals surface area contributed by atoms with E-state index < -0.39 is 11.6 Å². The van der Waals surface area contributed by atoms with Crippen molar-refractivity contribution in [3.63, 3.8) is 0 Å². The highest BCUT2D eigenvalue weighted by atomic mass is 19.2. The number of anilines is 1. The predicted octanol–water partition coefficient (Wildman–Crippen LogP) is 5.04. The minimum absolute atomic E-state index is 0.0342. The lowest BCUT2D eigenvalue weighted by atomic mass is 9.82. The second-order valence-electron chi connectivity index (χ2n) is 9.43. The van der Waals surface area contributed by atoms with Crippen LogP contribution in [0.1, 0.15) is 38.6 Å². The van der Waals surface area contributed by atoms with Gasteiger partial charge in [-0.15, -0.1) is 0 Å². The van der Waals surface area contributed by atoms with Crippen LogP contribution in [0, 0.1) is 29.4 Å². The molecule has 0 N–H and O–H groups in total. The van der Waals surface area contributed by atoms with E-state index in [1.165, 1.54) is 25.0 Å². The Morgan fingerprint density at radius 1 is 1.12 bits per heavy atom. The maximum atomic E-state index is 14.2. The second-order valence-corrected chi connectivity index (χ2v) is 9.43. The fraction of sp³-hybridized carbons (Fsp3) is 0.480.